The summed E-state index contributed by atoms with van der Waals surface area (Å²) in [7, 11) is 5.87. The maximum Gasteiger partial charge on any atom is 0.283 e. The van der Waals surface area contributed by atoms with Crippen LogP contribution in [0.2, 0.25) is 0 Å². The molecular weight excluding hydrogens is 310 g/mol. The Hall–Kier alpha value is -0.920. The second-order valence-electron chi connectivity index (χ2n) is 4.74. The first-order valence-electron chi connectivity index (χ1n) is 6.29. The van der Waals surface area contributed by atoms with Crippen LogP contribution in [0.3, 0.4) is 0 Å². The molecule has 0 amide bonds. The Kier molecular flexibility index (Phi) is 6.47. The molecule has 1 aromatic rings. The number of likely N-dealkylation sites (N-methyl/N-ethyl adjacent to an activating group) is 1. The zero-order chi connectivity index (χ0) is 14.4. The van der Waals surface area contributed by atoms with Gasteiger partial charge in [-0.05, 0) is 43.0 Å². The van der Waals surface area contributed by atoms with Crippen molar-refractivity contribution in [3.63, 3.8) is 0 Å². The molecule has 0 aromatic carbocycles. The minimum Gasteiger partial charge on any atom is -0.372 e. The normalized spacial score (nSPS) is 11.1. The number of hydrogen-bond acceptors (Lipinski definition) is 5. The number of anilines is 1. The molecule has 0 atom stereocenters. The molecule has 1 rings (SSSR count). The van der Waals surface area contributed by atoms with Crippen LogP contribution >= 0.6 is 15.9 Å². The van der Waals surface area contributed by atoms with Gasteiger partial charge in [-0.25, -0.2) is 4.68 Å². The zero-order valence-electron chi connectivity index (χ0n) is 11.8. The molecule has 0 aliphatic heterocycles. The van der Waals surface area contributed by atoms with Crippen molar-refractivity contribution in [3.8, 4) is 0 Å². The van der Waals surface area contributed by atoms with Gasteiger partial charge in [-0.1, -0.05) is 0 Å². The molecule has 0 saturated heterocycles. The van der Waals surface area contributed by atoms with Gasteiger partial charge in [-0.2, -0.15) is 5.10 Å². The molecule has 7 heteroatoms. The monoisotopic (exact) mass is 331 g/mol. The van der Waals surface area contributed by atoms with Gasteiger partial charge in [-0.3, -0.25) is 4.79 Å². The average molecular weight is 332 g/mol. The Labute approximate surface area is 122 Å². The van der Waals surface area contributed by atoms with Crippen molar-refractivity contribution >= 4 is 21.6 Å². The van der Waals surface area contributed by atoms with Gasteiger partial charge in [0.15, 0.2) is 0 Å². The molecule has 0 aliphatic carbocycles. The average Bonchev–Trinajstić information content (AvgIpc) is 2.37. The van der Waals surface area contributed by atoms with Crippen LogP contribution in [0.1, 0.15) is 6.42 Å². The van der Waals surface area contributed by atoms with Crippen molar-refractivity contribution in [1.82, 2.24) is 14.7 Å². The first-order valence-corrected chi connectivity index (χ1v) is 7.08. The smallest absolute Gasteiger partial charge is 0.283 e. The van der Waals surface area contributed by atoms with Crippen LogP contribution in [0.25, 0.3) is 0 Å². The maximum absolute atomic E-state index is 12.2. The van der Waals surface area contributed by atoms with E-state index < -0.39 is 0 Å². The molecule has 1 aromatic heterocycles. The molecule has 0 radical (unpaired) electrons. The molecule has 0 fully saturated rings. The quantitative estimate of drug-likeness (QED) is 0.781. The Balaban J connectivity index is 2.88. The minimum atomic E-state index is -0.0982. The summed E-state index contributed by atoms with van der Waals surface area (Å²) in [6.45, 7) is 2.80. The SMILES string of the molecule is CN(C)CCn1ncc(N(C)CCCN)c(Br)c1=O. The summed E-state index contributed by atoms with van der Waals surface area (Å²) in [5, 5.41) is 4.21. The van der Waals surface area contributed by atoms with E-state index in [9.17, 15) is 4.79 Å². The van der Waals surface area contributed by atoms with E-state index in [1.165, 1.54) is 4.68 Å². The highest BCUT2D eigenvalue weighted by atomic mass is 79.9. The van der Waals surface area contributed by atoms with Gasteiger partial charge in [0.2, 0.25) is 0 Å². The van der Waals surface area contributed by atoms with Gasteiger partial charge >= 0.3 is 0 Å². The zero-order valence-corrected chi connectivity index (χ0v) is 13.4. The van der Waals surface area contributed by atoms with E-state index in [0.717, 1.165) is 25.2 Å². The first-order chi connectivity index (χ1) is 8.97. The lowest BCUT2D eigenvalue weighted by Crippen LogP contribution is -2.31. The molecule has 0 aliphatic rings. The van der Waals surface area contributed by atoms with E-state index in [4.69, 9.17) is 5.73 Å². The number of halogens is 1. The number of nitrogens with zero attached hydrogens (tertiary/aromatic N) is 4. The van der Waals surface area contributed by atoms with Crippen molar-refractivity contribution in [3.05, 3.63) is 21.0 Å². The topological polar surface area (TPSA) is 67.4 Å². The molecular formula is C12H22BrN5O. The van der Waals surface area contributed by atoms with Crippen LogP contribution in [-0.2, 0) is 6.54 Å². The summed E-state index contributed by atoms with van der Waals surface area (Å²) in [5.74, 6) is 0. The third kappa shape index (κ3) is 4.59. The first kappa shape index (κ1) is 16.1. The van der Waals surface area contributed by atoms with E-state index in [-0.39, 0.29) is 5.56 Å². The summed E-state index contributed by atoms with van der Waals surface area (Å²) in [6.07, 6.45) is 2.60. The van der Waals surface area contributed by atoms with Crippen molar-refractivity contribution < 1.29 is 0 Å². The summed E-state index contributed by atoms with van der Waals surface area (Å²) in [4.78, 5) is 16.2. The molecule has 0 saturated carbocycles. The standard InChI is InChI=1S/C12H22BrN5O/c1-16(2)7-8-18-12(19)11(13)10(9-15-18)17(3)6-4-5-14/h9H,4-8,14H2,1-3H3. The Morgan fingerprint density at radius 2 is 2.05 bits per heavy atom. The predicted molar refractivity (Wildman–Crippen MR) is 81.7 cm³/mol. The summed E-state index contributed by atoms with van der Waals surface area (Å²) in [5.41, 5.74) is 6.20. The van der Waals surface area contributed by atoms with E-state index >= 15 is 0 Å². The molecule has 0 bridgehead atoms. The van der Waals surface area contributed by atoms with Gasteiger partial charge in [0, 0.05) is 20.1 Å². The second-order valence-corrected chi connectivity index (χ2v) is 5.53. The molecule has 19 heavy (non-hydrogen) atoms. The highest BCUT2D eigenvalue weighted by Crippen LogP contribution is 2.20. The lowest BCUT2D eigenvalue weighted by atomic mass is 10.3. The van der Waals surface area contributed by atoms with Crippen molar-refractivity contribution in [2.75, 3.05) is 45.7 Å². The van der Waals surface area contributed by atoms with Crippen molar-refractivity contribution in [1.29, 1.82) is 0 Å². The van der Waals surface area contributed by atoms with Crippen LogP contribution < -0.4 is 16.2 Å². The van der Waals surface area contributed by atoms with Crippen LogP contribution in [-0.4, -0.2) is 55.5 Å². The van der Waals surface area contributed by atoms with Crippen LogP contribution in [0.15, 0.2) is 15.5 Å². The summed E-state index contributed by atoms with van der Waals surface area (Å²) >= 11 is 3.37. The Bertz CT molecular complexity index is 460. The Morgan fingerprint density at radius 1 is 1.37 bits per heavy atom. The number of hydrogen-bond donors (Lipinski definition) is 1. The largest absolute Gasteiger partial charge is 0.372 e. The molecule has 6 nitrogen and oxygen atoms in total. The van der Waals surface area contributed by atoms with E-state index in [1.807, 2.05) is 30.9 Å². The lowest BCUT2D eigenvalue weighted by molar-refractivity contribution is 0.367. The minimum absolute atomic E-state index is 0.0982. The Morgan fingerprint density at radius 3 is 2.63 bits per heavy atom. The molecule has 0 unspecified atom stereocenters. The van der Waals surface area contributed by atoms with Gasteiger partial charge in [-0.15, -0.1) is 0 Å². The fourth-order valence-electron chi connectivity index (χ4n) is 1.63. The van der Waals surface area contributed by atoms with Gasteiger partial charge in [0.25, 0.3) is 5.56 Å². The fraction of sp³-hybridized carbons (Fsp3) is 0.667. The van der Waals surface area contributed by atoms with Gasteiger partial charge in [0.1, 0.15) is 4.47 Å². The van der Waals surface area contributed by atoms with Gasteiger partial charge < -0.3 is 15.5 Å². The van der Waals surface area contributed by atoms with Crippen LogP contribution in [0.4, 0.5) is 5.69 Å². The van der Waals surface area contributed by atoms with Crippen LogP contribution in [0, 0.1) is 0 Å². The van der Waals surface area contributed by atoms with Crippen molar-refractivity contribution in [2.45, 2.75) is 13.0 Å². The maximum atomic E-state index is 12.2. The summed E-state index contributed by atoms with van der Waals surface area (Å²) < 4.78 is 2.03. The molecule has 0 spiro atoms. The highest BCUT2D eigenvalue weighted by molar-refractivity contribution is 9.10. The van der Waals surface area contributed by atoms with Gasteiger partial charge in [0.05, 0.1) is 18.4 Å². The predicted octanol–water partition coefficient (Wildman–Crippen LogP) is 0.352. The highest BCUT2D eigenvalue weighted by Gasteiger charge is 2.12. The van der Waals surface area contributed by atoms with E-state index in [1.54, 1.807) is 6.20 Å². The number of aromatic nitrogens is 2. The third-order valence-corrected chi connectivity index (χ3v) is 3.58. The number of rotatable bonds is 7. The summed E-state index contributed by atoms with van der Waals surface area (Å²) in [6, 6.07) is 0. The van der Waals surface area contributed by atoms with Crippen LogP contribution in [0.5, 0.6) is 0 Å². The van der Waals surface area contributed by atoms with E-state index in [0.29, 0.717) is 17.6 Å². The molecule has 2 N–H and O–H groups in total. The number of nitrogens with two attached hydrogens (primary N) is 1. The fourth-order valence-corrected chi connectivity index (χ4v) is 2.24. The molecule has 108 valence electrons. The lowest BCUT2D eigenvalue weighted by Gasteiger charge is -2.20. The van der Waals surface area contributed by atoms with E-state index in [2.05, 4.69) is 21.0 Å². The molecule has 1 heterocycles. The third-order valence-electron chi connectivity index (χ3n) is 2.83. The van der Waals surface area contributed by atoms with Crippen molar-refractivity contribution in [2.24, 2.45) is 5.73 Å². The second kappa shape index (κ2) is 7.62.